The Morgan fingerprint density at radius 1 is 1.32 bits per heavy atom. The highest BCUT2D eigenvalue weighted by atomic mass is 16.6. The van der Waals surface area contributed by atoms with E-state index in [1.165, 1.54) is 16.5 Å². The summed E-state index contributed by atoms with van der Waals surface area (Å²) in [6.07, 6.45) is 2.19. The van der Waals surface area contributed by atoms with Gasteiger partial charge in [0, 0.05) is 24.8 Å². The molecule has 1 aliphatic heterocycles. The van der Waals surface area contributed by atoms with Crippen molar-refractivity contribution in [1.29, 1.82) is 0 Å². The quantitative estimate of drug-likeness (QED) is 0.914. The first kappa shape index (κ1) is 12.7. The molecule has 0 radical (unpaired) electrons. The molecule has 1 saturated heterocycles. The Hall–Kier alpha value is -1.36. The Morgan fingerprint density at radius 3 is 3.11 bits per heavy atom. The van der Waals surface area contributed by atoms with Gasteiger partial charge in [0.05, 0.1) is 25.9 Å². The summed E-state index contributed by atoms with van der Waals surface area (Å²) >= 11 is 0. The maximum atomic E-state index is 5.68. The first-order valence-electron chi connectivity index (χ1n) is 6.76. The molecule has 0 aliphatic carbocycles. The number of aromatic amines is 1. The number of para-hydroxylation sites is 1. The van der Waals surface area contributed by atoms with Crippen LogP contribution >= 0.6 is 0 Å². The van der Waals surface area contributed by atoms with Gasteiger partial charge in [-0.15, -0.1) is 0 Å². The molecule has 1 fully saturated rings. The van der Waals surface area contributed by atoms with E-state index >= 15 is 0 Å². The fourth-order valence-electron chi connectivity index (χ4n) is 2.63. The highest BCUT2D eigenvalue weighted by Crippen LogP contribution is 2.18. The largest absolute Gasteiger partial charge is 0.376 e. The van der Waals surface area contributed by atoms with Crippen molar-refractivity contribution < 1.29 is 9.47 Å². The minimum absolute atomic E-state index is 0.196. The molecule has 1 aromatic carbocycles. The highest BCUT2D eigenvalue weighted by Gasteiger charge is 2.16. The molecule has 0 amide bonds. The zero-order chi connectivity index (χ0) is 13.1. The lowest BCUT2D eigenvalue weighted by molar-refractivity contribution is -0.0962. The fraction of sp³-hybridized carbons (Fsp3) is 0.467. The van der Waals surface area contributed by atoms with Gasteiger partial charge in [-0.1, -0.05) is 18.2 Å². The number of H-pyrrole nitrogens is 1. The maximum Gasteiger partial charge on any atom is 0.0936 e. The topological polar surface area (TPSA) is 37.5 Å². The zero-order valence-electron chi connectivity index (χ0n) is 11.3. The van der Waals surface area contributed by atoms with E-state index in [0.717, 1.165) is 19.7 Å². The fourth-order valence-corrected chi connectivity index (χ4v) is 2.63. The Morgan fingerprint density at radius 2 is 2.26 bits per heavy atom. The minimum Gasteiger partial charge on any atom is -0.376 e. The average Bonchev–Trinajstić information content (AvgIpc) is 2.89. The van der Waals surface area contributed by atoms with Crippen LogP contribution in [0.1, 0.15) is 5.56 Å². The van der Waals surface area contributed by atoms with Gasteiger partial charge < -0.3 is 14.5 Å². The average molecular weight is 260 g/mol. The van der Waals surface area contributed by atoms with Crippen LogP contribution in [0, 0.1) is 0 Å². The van der Waals surface area contributed by atoms with Crippen molar-refractivity contribution in [2.45, 2.75) is 12.6 Å². The van der Waals surface area contributed by atoms with E-state index in [1.54, 1.807) is 0 Å². The number of benzene rings is 1. The zero-order valence-corrected chi connectivity index (χ0v) is 11.3. The number of hydrogen-bond donors (Lipinski definition) is 1. The van der Waals surface area contributed by atoms with Gasteiger partial charge in [0.2, 0.25) is 0 Å². The molecule has 2 aromatic rings. The predicted octanol–water partition coefficient (Wildman–Crippen LogP) is 2.02. The second kappa shape index (κ2) is 5.74. The highest BCUT2D eigenvalue weighted by molar-refractivity contribution is 5.82. The van der Waals surface area contributed by atoms with E-state index in [-0.39, 0.29) is 6.10 Å². The van der Waals surface area contributed by atoms with Crippen LogP contribution in [0.15, 0.2) is 30.5 Å². The van der Waals surface area contributed by atoms with Crippen LogP contribution < -0.4 is 0 Å². The van der Waals surface area contributed by atoms with Crippen LogP contribution in [-0.2, 0) is 16.0 Å². The molecule has 102 valence electrons. The lowest BCUT2D eigenvalue weighted by Gasteiger charge is -2.27. The number of nitrogens with zero attached hydrogens (tertiary/aromatic N) is 1. The Kier molecular flexibility index (Phi) is 3.82. The van der Waals surface area contributed by atoms with Gasteiger partial charge in [-0.3, -0.25) is 4.90 Å². The normalized spacial score (nSPS) is 20.2. The Bertz CT molecular complexity index is 532. The Labute approximate surface area is 113 Å². The van der Waals surface area contributed by atoms with E-state index in [9.17, 15) is 0 Å². The Balaban J connectivity index is 1.65. The van der Waals surface area contributed by atoms with Gasteiger partial charge in [-0.25, -0.2) is 0 Å². The predicted molar refractivity (Wildman–Crippen MR) is 75.2 cm³/mol. The molecule has 0 saturated carbocycles. The van der Waals surface area contributed by atoms with Crippen LogP contribution in [-0.4, -0.2) is 49.4 Å². The van der Waals surface area contributed by atoms with Crippen LogP contribution in [0.2, 0.25) is 0 Å². The molecule has 1 atom stereocenters. The van der Waals surface area contributed by atoms with Crippen LogP contribution in [0.4, 0.5) is 0 Å². The number of fused-ring (bicyclic) bond motifs is 1. The monoisotopic (exact) mass is 260 g/mol. The SMILES string of the molecule is CN(Cc1cccc2cc[nH]c12)C[C@@H]1COCCO1. The summed E-state index contributed by atoms with van der Waals surface area (Å²) in [4.78, 5) is 5.60. The van der Waals surface area contributed by atoms with Crippen molar-refractivity contribution >= 4 is 10.9 Å². The summed E-state index contributed by atoms with van der Waals surface area (Å²) in [7, 11) is 2.12. The van der Waals surface area contributed by atoms with Gasteiger partial charge in [0.15, 0.2) is 0 Å². The first-order valence-corrected chi connectivity index (χ1v) is 6.76. The molecule has 4 nitrogen and oxygen atoms in total. The molecule has 1 aliphatic rings. The van der Waals surface area contributed by atoms with Gasteiger partial charge in [0.25, 0.3) is 0 Å². The lowest BCUT2D eigenvalue weighted by atomic mass is 10.1. The van der Waals surface area contributed by atoms with E-state index in [4.69, 9.17) is 9.47 Å². The van der Waals surface area contributed by atoms with E-state index in [0.29, 0.717) is 13.2 Å². The molecular weight excluding hydrogens is 240 g/mol. The van der Waals surface area contributed by atoms with Crippen molar-refractivity contribution in [3.63, 3.8) is 0 Å². The van der Waals surface area contributed by atoms with Gasteiger partial charge in [0.1, 0.15) is 0 Å². The molecule has 3 rings (SSSR count). The molecular formula is C15H20N2O2. The van der Waals surface area contributed by atoms with Crippen molar-refractivity contribution in [1.82, 2.24) is 9.88 Å². The third-order valence-electron chi connectivity index (χ3n) is 3.51. The van der Waals surface area contributed by atoms with Crippen molar-refractivity contribution in [3.05, 3.63) is 36.0 Å². The van der Waals surface area contributed by atoms with Crippen LogP contribution in [0.3, 0.4) is 0 Å². The van der Waals surface area contributed by atoms with E-state index < -0.39 is 0 Å². The first-order chi connectivity index (χ1) is 9.33. The molecule has 1 aromatic heterocycles. The number of aromatic nitrogens is 1. The van der Waals surface area contributed by atoms with Crippen LogP contribution in [0.5, 0.6) is 0 Å². The standard InChI is InChI=1S/C15H20N2O2/c1-17(10-14-11-18-7-8-19-14)9-13-4-2-3-12-5-6-16-15(12)13/h2-6,14,16H,7-11H2,1H3/t14-/m1/s1. The third kappa shape index (κ3) is 2.97. The summed E-state index contributed by atoms with van der Waals surface area (Å²) < 4.78 is 11.1. The molecule has 1 N–H and O–H groups in total. The van der Waals surface area contributed by atoms with Crippen LogP contribution in [0.25, 0.3) is 10.9 Å². The summed E-state index contributed by atoms with van der Waals surface area (Å²) in [5.41, 5.74) is 2.55. The second-order valence-corrected chi connectivity index (χ2v) is 5.12. The van der Waals surface area contributed by atoms with E-state index in [2.05, 4.69) is 41.2 Å². The van der Waals surface area contributed by atoms with Crippen molar-refractivity contribution in [2.24, 2.45) is 0 Å². The molecule has 2 heterocycles. The smallest absolute Gasteiger partial charge is 0.0936 e. The van der Waals surface area contributed by atoms with Gasteiger partial charge in [-0.05, 0) is 24.1 Å². The maximum absolute atomic E-state index is 5.68. The second-order valence-electron chi connectivity index (χ2n) is 5.12. The molecule has 0 unspecified atom stereocenters. The van der Waals surface area contributed by atoms with E-state index in [1.807, 2.05) is 6.20 Å². The molecule has 0 spiro atoms. The van der Waals surface area contributed by atoms with Crippen molar-refractivity contribution in [3.8, 4) is 0 Å². The summed E-state index contributed by atoms with van der Waals surface area (Å²) in [5, 5.41) is 1.27. The number of hydrogen-bond acceptors (Lipinski definition) is 3. The number of ether oxygens (including phenoxy) is 2. The van der Waals surface area contributed by atoms with Crippen molar-refractivity contribution in [2.75, 3.05) is 33.4 Å². The lowest BCUT2D eigenvalue weighted by Crippen LogP contribution is -2.38. The van der Waals surface area contributed by atoms with Gasteiger partial charge >= 0.3 is 0 Å². The molecule has 4 heteroatoms. The number of rotatable bonds is 4. The third-order valence-corrected chi connectivity index (χ3v) is 3.51. The number of nitrogens with one attached hydrogen (secondary N) is 1. The number of likely N-dealkylation sites (N-methyl/N-ethyl adjacent to an activating group) is 1. The summed E-state index contributed by atoms with van der Waals surface area (Å²) in [6.45, 7) is 3.96. The summed E-state index contributed by atoms with van der Waals surface area (Å²) in [6, 6.07) is 8.53. The van der Waals surface area contributed by atoms with Gasteiger partial charge in [-0.2, -0.15) is 0 Å². The molecule has 0 bridgehead atoms. The molecule has 19 heavy (non-hydrogen) atoms. The minimum atomic E-state index is 0.196. The summed E-state index contributed by atoms with van der Waals surface area (Å²) in [5.74, 6) is 0.